The number of hydrogen-bond acceptors (Lipinski definition) is 5. The van der Waals surface area contributed by atoms with Crippen molar-refractivity contribution in [2.24, 2.45) is 0 Å². The molecule has 0 spiro atoms. The Morgan fingerprint density at radius 1 is 0.947 bits per heavy atom. The fraction of sp³-hybridized carbons (Fsp3) is 0.400. The van der Waals surface area contributed by atoms with Crippen molar-refractivity contribution in [3.8, 4) is 0 Å². The van der Waals surface area contributed by atoms with Crippen molar-refractivity contribution in [2.75, 3.05) is 51.3 Å². The lowest BCUT2D eigenvalue weighted by Gasteiger charge is -2.30. The Morgan fingerprint density at radius 2 is 1.74 bits per heavy atom. The second-order valence-corrected chi connectivity index (χ2v) is 9.79. The Balaban J connectivity index is 1.47. The first-order valence-corrected chi connectivity index (χ1v) is 13.3. The molecule has 0 bridgehead atoms. The van der Waals surface area contributed by atoms with E-state index in [9.17, 15) is 9.59 Å². The van der Waals surface area contributed by atoms with Crippen molar-refractivity contribution < 1.29 is 18.7 Å². The molecule has 3 amide bonds. The molecule has 2 aromatic carbocycles. The lowest BCUT2D eigenvalue weighted by Crippen LogP contribution is -2.45. The quantitative estimate of drug-likeness (QED) is 0.399. The van der Waals surface area contributed by atoms with Gasteiger partial charge in [0.2, 0.25) is 5.91 Å². The van der Waals surface area contributed by atoms with Crippen LogP contribution in [0.15, 0.2) is 71.3 Å². The van der Waals surface area contributed by atoms with Gasteiger partial charge in [0.25, 0.3) is 0 Å². The first-order valence-electron chi connectivity index (χ1n) is 13.3. The smallest absolute Gasteiger partial charge is 0.322 e. The van der Waals surface area contributed by atoms with Gasteiger partial charge in [0, 0.05) is 38.4 Å². The van der Waals surface area contributed by atoms with Gasteiger partial charge < -0.3 is 24.3 Å². The van der Waals surface area contributed by atoms with Gasteiger partial charge in [-0.2, -0.15) is 0 Å². The molecule has 1 fully saturated rings. The number of rotatable bonds is 11. The normalized spacial score (nSPS) is 13.7. The van der Waals surface area contributed by atoms with Crippen molar-refractivity contribution >= 4 is 17.6 Å². The molecule has 1 N–H and O–H groups in total. The third-order valence-electron chi connectivity index (χ3n) is 6.74. The van der Waals surface area contributed by atoms with Gasteiger partial charge >= 0.3 is 6.03 Å². The van der Waals surface area contributed by atoms with Crippen molar-refractivity contribution in [1.82, 2.24) is 14.7 Å². The monoisotopic (exact) mass is 518 g/mol. The third kappa shape index (κ3) is 8.19. The number of morpholine rings is 1. The zero-order chi connectivity index (χ0) is 26.7. The highest BCUT2D eigenvalue weighted by molar-refractivity contribution is 5.93. The summed E-state index contributed by atoms with van der Waals surface area (Å²) < 4.78 is 11.0. The molecule has 4 rings (SSSR count). The molecule has 0 radical (unpaired) electrons. The zero-order valence-electron chi connectivity index (χ0n) is 22.4. The van der Waals surface area contributed by atoms with Crippen LogP contribution in [0.3, 0.4) is 0 Å². The fourth-order valence-corrected chi connectivity index (χ4v) is 4.60. The van der Waals surface area contributed by atoms with E-state index in [1.165, 1.54) is 0 Å². The lowest BCUT2D eigenvalue weighted by atomic mass is 10.1. The SMILES string of the molecule is Cc1ccc(NC(=O)N(CCCN2CCOCC2)CC(=O)N(Cc2ccccc2)Cc2ccco2)c(C)c1. The largest absolute Gasteiger partial charge is 0.467 e. The number of hydrogen-bond donors (Lipinski definition) is 1. The number of nitrogens with one attached hydrogen (secondary N) is 1. The molecule has 1 aliphatic heterocycles. The van der Waals surface area contributed by atoms with Crippen molar-refractivity contribution in [3.05, 3.63) is 89.4 Å². The fourth-order valence-electron chi connectivity index (χ4n) is 4.60. The maximum absolute atomic E-state index is 13.7. The number of urea groups is 1. The first-order chi connectivity index (χ1) is 18.5. The number of nitrogens with zero attached hydrogens (tertiary/aromatic N) is 3. The molecule has 1 aliphatic rings. The summed E-state index contributed by atoms with van der Waals surface area (Å²) in [5.74, 6) is 0.570. The number of ether oxygens (including phenoxy) is 1. The molecule has 2 heterocycles. The zero-order valence-corrected chi connectivity index (χ0v) is 22.4. The van der Waals surface area contributed by atoms with E-state index in [1.807, 2.05) is 74.5 Å². The minimum Gasteiger partial charge on any atom is -0.467 e. The van der Waals surface area contributed by atoms with Crippen LogP contribution < -0.4 is 5.32 Å². The van der Waals surface area contributed by atoms with Crippen molar-refractivity contribution in [2.45, 2.75) is 33.4 Å². The molecule has 0 saturated carbocycles. The van der Waals surface area contributed by atoms with Crippen molar-refractivity contribution in [1.29, 1.82) is 0 Å². The topological polar surface area (TPSA) is 78.3 Å². The Hall–Kier alpha value is -3.62. The summed E-state index contributed by atoms with van der Waals surface area (Å²) in [6, 6.07) is 19.2. The lowest BCUT2D eigenvalue weighted by molar-refractivity contribution is -0.133. The van der Waals surface area contributed by atoms with Crippen LogP contribution in [0.25, 0.3) is 0 Å². The van der Waals surface area contributed by atoms with Crippen LogP contribution in [0.4, 0.5) is 10.5 Å². The number of furan rings is 1. The van der Waals surface area contributed by atoms with Gasteiger partial charge in [-0.1, -0.05) is 48.0 Å². The van der Waals surface area contributed by atoms with E-state index in [0.29, 0.717) is 25.4 Å². The van der Waals surface area contributed by atoms with Crippen LogP contribution in [0.5, 0.6) is 0 Å². The van der Waals surface area contributed by atoms with E-state index in [-0.39, 0.29) is 18.5 Å². The summed E-state index contributed by atoms with van der Waals surface area (Å²) >= 11 is 0. The van der Waals surface area contributed by atoms with E-state index >= 15 is 0 Å². The minimum atomic E-state index is -0.273. The highest BCUT2D eigenvalue weighted by Gasteiger charge is 2.23. The van der Waals surface area contributed by atoms with Gasteiger partial charge in [-0.15, -0.1) is 0 Å². The van der Waals surface area contributed by atoms with Gasteiger partial charge in [0.05, 0.1) is 26.0 Å². The Bertz CT molecular complexity index is 1160. The first kappa shape index (κ1) is 27.4. The average Bonchev–Trinajstić information content (AvgIpc) is 3.43. The molecule has 202 valence electrons. The predicted molar refractivity (Wildman–Crippen MR) is 148 cm³/mol. The summed E-state index contributed by atoms with van der Waals surface area (Å²) in [6.07, 6.45) is 2.38. The maximum atomic E-state index is 13.7. The van der Waals surface area contributed by atoms with Gasteiger partial charge in [-0.25, -0.2) is 4.79 Å². The number of carbonyl (C=O) groups excluding carboxylic acids is 2. The van der Waals surface area contributed by atoms with Gasteiger partial charge in [-0.05, 0) is 49.6 Å². The minimum absolute atomic E-state index is 0.0204. The molecular formula is C30H38N4O4. The molecule has 8 heteroatoms. The maximum Gasteiger partial charge on any atom is 0.322 e. The molecule has 0 aliphatic carbocycles. The molecule has 3 aromatic rings. The van der Waals surface area contributed by atoms with Crippen LogP contribution in [-0.4, -0.2) is 72.6 Å². The molecule has 1 saturated heterocycles. The number of benzene rings is 2. The number of carbonyl (C=O) groups is 2. The highest BCUT2D eigenvalue weighted by Crippen LogP contribution is 2.17. The summed E-state index contributed by atoms with van der Waals surface area (Å²) in [5, 5.41) is 3.03. The average molecular weight is 519 g/mol. The Kier molecular flexibility index (Phi) is 9.95. The van der Waals surface area contributed by atoms with E-state index in [4.69, 9.17) is 9.15 Å². The number of anilines is 1. The van der Waals surface area contributed by atoms with Crippen LogP contribution in [0.1, 0.15) is 28.9 Å². The third-order valence-corrected chi connectivity index (χ3v) is 6.74. The molecule has 0 atom stereocenters. The van der Waals surface area contributed by atoms with Crippen molar-refractivity contribution in [3.63, 3.8) is 0 Å². The van der Waals surface area contributed by atoms with E-state index < -0.39 is 0 Å². The standard InChI is InChI=1S/C30H38N4O4/c1-24-11-12-28(25(2)20-24)31-30(36)33(14-7-13-32-15-18-37-19-16-32)23-29(35)34(22-27-10-6-17-38-27)21-26-8-4-3-5-9-26/h3-6,8-12,17,20H,7,13-16,18-19,21-23H2,1-2H3,(H,31,36). The van der Waals surface area contributed by atoms with Crippen LogP contribution in [0, 0.1) is 13.8 Å². The van der Waals surface area contributed by atoms with E-state index in [1.54, 1.807) is 16.1 Å². The second kappa shape index (κ2) is 13.8. The van der Waals surface area contributed by atoms with E-state index in [0.717, 1.165) is 61.6 Å². The Morgan fingerprint density at radius 3 is 2.45 bits per heavy atom. The van der Waals surface area contributed by atoms with E-state index in [2.05, 4.69) is 10.2 Å². The van der Waals surface area contributed by atoms with Gasteiger partial charge in [0.1, 0.15) is 12.3 Å². The summed E-state index contributed by atoms with van der Waals surface area (Å²) in [7, 11) is 0. The summed E-state index contributed by atoms with van der Waals surface area (Å²) in [6.45, 7) is 9.31. The molecular weight excluding hydrogens is 480 g/mol. The van der Waals surface area contributed by atoms with Gasteiger partial charge in [-0.3, -0.25) is 9.69 Å². The van der Waals surface area contributed by atoms with Gasteiger partial charge in [0.15, 0.2) is 0 Å². The number of aryl methyl sites for hydroxylation is 2. The van der Waals surface area contributed by atoms with Crippen LogP contribution >= 0.6 is 0 Å². The Labute approximate surface area is 225 Å². The predicted octanol–water partition coefficient (Wildman–Crippen LogP) is 4.68. The number of amides is 3. The highest BCUT2D eigenvalue weighted by atomic mass is 16.5. The molecule has 8 nitrogen and oxygen atoms in total. The molecule has 38 heavy (non-hydrogen) atoms. The van der Waals surface area contributed by atoms with Crippen LogP contribution in [-0.2, 0) is 22.6 Å². The summed E-state index contributed by atoms with van der Waals surface area (Å²) in [5.41, 5.74) is 3.89. The summed E-state index contributed by atoms with van der Waals surface area (Å²) in [4.78, 5) is 32.8. The molecule has 1 aromatic heterocycles. The van der Waals surface area contributed by atoms with Crippen LogP contribution in [0.2, 0.25) is 0 Å². The molecule has 0 unspecified atom stereocenters. The second-order valence-electron chi connectivity index (χ2n) is 9.79.